The van der Waals surface area contributed by atoms with Crippen molar-refractivity contribution in [2.45, 2.75) is 50.5 Å². The maximum atomic E-state index is 12.9. The first-order valence-electron chi connectivity index (χ1n) is 10.4. The third kappa shape index (κ3) is 4.12. The first-order valence-corrected chi connectivity index (χ1v) is 12.7. The quantitative estimate of drug-likeness (QED) is 0.591. The molecule has 3 aromatic rings. The van der Waals surface area contributed by atoms with Crippen LogP contribution in [-0.2, 0) is 17.1 Å². The molecule has 1 aliphatic rings. The summed E-state index contributed by atoms with van der Waals surface area (Å²) in [7, 11) is -0.0224. The fraction of sp³-hybridized carbons (Fsp3) is 0.391. The third-order valence-electron chi connectivity index (χ3n) is 6.06. The Bertz CT molecular complexity index is 1310. The van der Waals surface area contributed by atoms with E-state index in [2.05, 4.69) is 24.0 Å². The number of sulfonamides is 1. The van der Waals surface area contributed by atoms with E-state index in [-0.39, 0.29) is 16.8 Å². The molecule has 0 atom stereocenters. The highest BCUT2D eigenvalue weighted by atomic mass is 32.2. The Hall–Kier alpha value is -2.29. The minimum atomic E-state index is -3.57. The van der Waals surface area contributed by atoms with Gasteiger partial charge in [0, 0.05) is 25.7 Å². The van der Waals surface area contributed by atoms with Gasteiger partial charge in [0.15, 0.2) is 4.80 Å². The standard InChI is InChI=1S/C23H27N3O3S2/c1-15-13-16(2)21-20(14-15)25(3)23(30-21)24-22(27)17-9-11-19(12-10-17)31(28,29)26(4)18-7-5-6-8-18/h9-14,18H,5-8H2,1-4H3. The Morgan fingerprint density at radius 1 is 1.13 bits per heavy atom. The maximum absolute atomic E-state index is 12.9. The molecule has 0 bridgehead atoms. The molecule has 0 saturated heterocycles. The monoisotopic (exact) mass is 457 g/mol. The molecule has 2 aromatic carbocycles. The molecule has 0 radical (unpaired) electrons. The van der Waals surface area contributed by atoms with Crippen molar-refractivity contribution in [1.29, 1.82) is 0 Å². The summed E-state index contributed by atoms with van der Waals surface area (Å²) in [5.74, 6) is -0.385. The van der Waals surface area contributed by atoms with E-state index in [4.69, 9.17) is 0 Å². The fourth-order valence-electron chi connectivity index (χ4n) is 4.23. The van der Waals surface area contributed by atoms with E-state index in [9.17, 15) is 13.2 Å². The summed E-state index contributed by atoms with van der Waals surface area (Å²) in [4.78, 5) is 17.9. The molecule has 164 valence electrons. The predicted molar refractivity (Wildman–Crippen MR) is 124 cm³/mol. The van der Waals surface area contributed by atoms with E-state index < -0.39 is 10.0 Å². The molecule has 1 fully saturated rings. The molecule has 0 aliphatic heterocycles. The second-order valence-electron chi connectivity index (χ2n) is 8.27. The SMILES string of the molecule is Cc1cc(C)c2sc(=NC(=O)c3ccc(S(=O)(=O)N(C)C4CCCC4)cc3)n(C)c2c1. The van der Waals surface area contributed by atoms with Crippen molar-refractivity contribution in [3.63, 3.8) is 0 Å². The average molecular weight is 458 g/mol. The number of hydrogen-bond donors (Lipinski definition) is 0. The first-order chi connectivity index (χ1) is 14.7. The van der Waals surface area contributed by atoms with E-state index in [1.54, 1.807) is 19.2 Å². The lowest BCUT2D eigenvalue weighted by molar-refractivity contribution is 0.0998. The van der Waals surface area contributed by atoms with E-state index in [0.29, 0.717) is 10.4 Å². The van der Waals surface area contributed by atoms with Crippen molar-refractivity contribution in [2.24, 2.45) is 12.0 Å². The van der Waals surface area contributed by atoms with Crippen LogP contribution in [0, 0.1) is 13.8 Å². The predicted octanol–water partition coefficient (Wildman–Crippen LogP) is 4.16. The minimum Gasteiger partial charge on any atom is -0.319 e. The lowest BCUT2D eigenvalue weighted by Crippen LogP contribution is -2.35. The number of thiazole rings is 1. The van der Waals surface area contributed by atoms with Crippen molar-refractivity contribution in [3.8, 4) is 0 Å². The Kier molecular flexibility index (Phi) is 5.89. The van der Waals surface area contributed by atoms with Crippen LogP contribution in [0.25, 0.3) is 10.2 Å². The molecule has 1 saturated carbocycles. The Morgan fingerprint density at radius 2 is 1.77 bits per heavy atom. The largest absolute Gasteiger partial charge is 0.319 e. The van der Waals surface area contributed by atoms with Gasteiger partial charge in [0.25, 0.3) is 5.91 Å². The van der Waals surface area contributed by atoms with Crippen LogP contribution >= 0.6 is 11.3 Å². The molecule has 0 N–H and O–H groups in total. The first kappa shape index (κ1) is 21.9. The molecular formula is C23H27N3O3S2. The van der Waals surface area contributed by atoms with E-state index in [1.807, 2.05) is 18.5 Å². The normalized spacial score (nSPS) is 16.0. The maximum Gasteiger partial charge on any atom is 0.279 e. The van der Waals surface area contributed by atoms with Crippen molar-refractivity contribution in [1.82, 2.24) is 8.87 Å². The van der Waals surface area contributed by atoms with Gasteiger partial charge in [-0.1, -0.05) is 30.2 Å². The number of amides is 1. The molecule has 1 aromatic heterocycles. The van der Waals surface area contributed by atoms with Gasteiger partial charge >= 0.3 is 0 Å². The Morgan fingerprint density at radius 3 is 2.42 bits per heavy atom. The minimum absolute atomic E-state index is 0.0568. The number of hydrogen-bond acceptors (Lipinski definition) is 4. The molecule has 8 heteroatoms. The number of fused-ring (bicyclic) bond motifs is 1. The molecular weight excluding hydrogens is 430 g/mol. The summed E-state index contributed by atoms with van der Waals surface area (Å²) >= 11 is 1.48. The van der Waals surface area contributed by atoms with Crippen LogP contribution in [0.2, 0.25) is 0 Å². The van der Waals surface area contributed by atoms with Crippen molar-refractivity contribution in [3.05, 3.63) is 57.9 Å². The lowest BCUT2D eigenvalue weighted by atomic mass is 10.1. The average Bonchev–Trinajstić information content (AvgIpc) is 3.37. The number of carbonyl (C=O) groups excluding carboxylic acids is 1. The highest BCUT2D eigenvalue weighted by Gasteiger charge is 2.30. The Balaban J connectivity index is 1.63. The van der Waals surface area contributed by atoms with Gasteiger partial charge < -0.3 is 4.57 Å². The molecule has 1 heterocycles. The fourth-order valence-corrected chi connectivity index (χ4v) is 6.71. The molecule has 1 aliphatic carbocycles. The Labute approximate surface area is 186 Å². The molecule has 0 spiro atoms. The van der Waals surface area contributed by atoms with Gasteiger partial charge in [0.2, 0.25) is 10.0 Å². The van der Waals surface area contributed by atoms with Crippen LogP contribution in [0.5, 0.6) is 0 Å². The van der Waals surface area contributed by atoms with Gasteiger partial charge in [-0.3, -0.25) is 4.79 Å². The summed E-state index contributed by atoms with van der Waals surface area (Å²) in [6.45, 7) is 4.10. The zero-order valence-electron chi connectivity index (χ0n) is 18.3. The number of benzene rings is 2. The summed E-state index contributed by atoms with van der Waals surface area (Å²) in [5.41, 5.74) is 3.74. The zero-order valence-corrected chi connectivity index (χ0v) is 19.9. The van der Waals surface area contributed by atoms with Crippen LogP contribution in [-0.4, -0.2) is 36.3 Å². The van der Waals surface area contributed by atoms with Crippen LogP contribution in [0.1, 0.15) is 47.2 Å². The highest BCUT2D eigenvalue weighted by molar-refractivity contribution is 7.89. The molecule has 6 nitrogen and oxygen atoms in total. The molecule has 0 unspecified atom stereocenters. The van der Waals surface area contributed by atoms with Crippen molar-refractivity contribution in [2.75, 3.05) is 7.05 Å². The highest BCUT2D eigenvalue weighted by Crippen LogP contribution is 2.27. The third-order valence-corrected chi connectivity index (χ3v) is 9.26. The summed E-state index contributed by atoms with van der Waals surface area (Å²) in [5, 5.41) is 0. The van der Waals surface area contributed by atoms with Gasteiger partial charge in [0.05, 0.1) is 15.1 Å². The van der Waals surface area contributed by atoms with Crippen molar-refractivity contribution >= 4 is 37.5 Å². The zero-order chi connectivity index (χ0) is 22.3. The van der Waals surface area contributed by atoms with Gasteiger partial charge in [0.1, 0.15) is 0 Å². The van der Waals surface area contributed by atoms with Crippen LogP contribution < -0.4 is 4.80 Å². The van der Waals surface area contributed by atoms with Crippen LogP contribution in [0.3, 0.4) is 0 Å². The van der Waals surface area contributed by atoms with Gasteiger partial charge in [-0.15, -0.1) is 0 Å². The number of nitrogens with zero attached hydrogens (tertiary/aromatic N) is 3. The lowest BCUT2D eigenvalue weighted by Gasteiger charge is -2.23. The van der Waals surface area contributed by atoms with E-state index >= 15 is 0 Å². The summed E-state index contributed by atoms with van der Waals surface area (Å²) < 4.78 is 30.3. The van der Waals surface area contributed by atoms with Gasteiger partial charge in [-0.25, -0.2) is 8.42 Å². The topological polar surface area (TPSA) is 71.7 Å². The van der Waals surface area contributed by atoms with Crippen LogP contribution in [0.15, 0.2) is 46.3 Å². The molecule has 4 rings (SSSR count). The number of aryl methyl sites for hydroxylation is 3. The number of aromatic nitrogens is 1. The van der Waals surface area contributed by atoms with E-state index in [1.165, 1.54) is 27.8 Å². The molecule has 31 heavy (non-hydrogen) atoms. The van der Waals surface area contributed by atoms with Crippen LogP contribution in [0.4, 0.5) is 0 Å². The molecule has 1 amide bonds. The summed E-state index contributed by atoms with van der Waals surface area (Å²) in [6, 6.07) is 10.4. The summed E-state index contributed by atoms with van der Waals surface area (Å²) in [6.07, 6.45) is 3.92. The van der Waals surface area contributed by atoms with E-state index in [0.717, 1.165) is 47.0 Å². The number of rotatable bonds is 4. The van der Waals surface area contributed by atoms with Gasteiger partial charge in [-0.05, 0) is 68.1 Å². The van der Waals surface area contributed by atoms with Crippen molar-refractivity contribution < 1.29 is 13.2 Å². The smallest absolute Gasteiger partial charge is 0.279 e. The number of carbonyl (C=O) groups is 1. The second-order valence-corrected chi connectivity index (χ2v) is 11.2. The van der Waals surface area contributed by atoms with Gasteiger partial charge in [-0.2, -0.15) is 9.30 Å². The second kappa shape index (κ2) is 8.33.